The molecule has 1 rings (SSSR count). The van der Waals surface area contributed by atoms with Crippen molar-refractivity contribution in [2.75, 3.05) is 12.4 Å². The van der Waals surface area contributed by atoms with Crippen LogP contribution in [-0.4, -0.2) is 23.5 Å². The Morgan fingerprint density at radius 1 is 1.46 bits per heavy atom. The molecule has 0 saturated carbocycles. The Morgan fingerprint density at radius 2 is 2.15 bits per heavy atom. The van der Waals surface area contributed by atoms with E-state index in [9.17, 15) is 0 Å². The van der Waals surface area contributed by atoms with Gasteiger partial charge in [0.05, 0.1) is 27.1 Å². The highest BCUT2D eigenvalue weighted by Gasteiger charge is 2.04. The average molecular weight is 212 g/mol. The van der Waals surface area contributed by atoms with E-state index in [1.807, 2.05) is 32.2 Å². The third-order valence-corrected chi connectivity index (χ3v) is 2.79. The van der Waals surface area contributed by atoms with Crippen LogP contribution in [0.15, 0.2) is 18.2 Å². The van der Waals surface area contributed by atoms with Crippen LogP contribution in [0.4, 0.5) is 5.69 Å². The summed E-state index contributed by atoms with van der Waals surface area (Å²) in [6, 6.07) is 5.80. The van der Waals surface area contributed by atoms with Crippen LogP contribution < -0.4 is 15.8 Å². The first kappa shape index (κ1) is 10.6. The van der Waals surface area contributed by atoms with Crippen LogP contribution in [-0.2, 0) is 0 Å². The molecule has 1 aromatic carbocycles. The van der Waals surface area contributed by atoms with Crippen LogP contribution in [0.2, 0.25) is 5.02 Å². The van der Waals surface area contributed by atoms with E-state index in [1.54, 1.807) is 0 Å². The first-order chi connectivity index (χ1) is 6.15. The molecule has 0 saturated heterocycles. The molecule has 0 aliphatic carbocycles. The predicted molar refractivity (Wildman–Crippen MR) is 59.0 cm³/mol. The number of anilines is 1. The molecule has 3 radical (unpaired) electrons. The zero-order chi connectivity index (χ0) is 9.84. The van der Waals surface area contributed by atoms with Gasteiger partial charge in [-0.1, -0.05) is 23.7 Å². The average Bonchev–Trinajstić information content (AvgIpc) is 2.13. The Bertz CT molecular complexity index is 291. The van der Waals surface area contributed by atoms with Crippen molar-refractivity contribution in [1.82, 2.24) is 5.32 Å². The van der Waals surface area contributed by atoms with Crippen molar-refractivity contribution in [3.05, 3.63) is 23.2 Å². The summed E-state index contributed by atoms with van der Waals surface area (Å²) >= 11 is 6.06. The highest BCUT2D eigenvalue weighted by molar-refractivity contribution is 6.46. The summed E-state index contributed by atoms with van der Waals surface area (Å²) in [5.74, 6) is 0. The number of halogens is 1. The Kier molecular flexibility index (Phi) is 3.78. The lowest BCUT2D eigenvalue weighted by Crippen LogP contribution is -2.30. The van der Waals surface area contributed by atoms with Crippen molar-refractivity contribution < 1.29 is 0 Å². The molecule has 1 unspecified atom stereocenters. The van der Waals surface area contributed by atoms with Gasteiger partial charge in [0.1, 0.15) is 0 Å². The Labute approximate surface area is 87.1 Å². The van der Waals surface area contributed by atoms with Crippen LogP contribution >= 0.6 is 11.6 Å². The molecule has 13 heavy (non-hydrogen) atoms. The summed E-state index contributed by atoms with van der Waals surface area (Å²) in [7, 11) is 5.31. The largest absolute Gasteiger partial charge is 0.369 e. The molecule has 2 nitrogen and oxygen atoms in total. The summed E-state index contributed by atoms with van der Waals surface area (Å²) < 4.78 is 0. The van der Waals surface area contributed by atoms with E-state index >= 15 is 0 Å². The van der Waals surface area contributed by atoms with E-state index in [1.165, 1.54) is 0 Å². The van der Waals surface area contributed by atoms with E-state index in [0.29, 0.717) is 5.02 Å². The lowest BCUT2D eigenvalue weighted by molar-refractivity contribution is 0.683. The SMILES string of the molecule is CNC(C)Nc1cccc([Si])c1Cl. The molecular weight excluding hydrogens is 200 g/mol. The minimum absolute atomic E-state index is 0.200. The number of hydrogen-bond acceptors (Lipinski definition) is 2. The van der Waals surface area contributed by atoms with Crippen molar-refractivity contribution in [3.63, 3.8) is 0 Å². The van der Waals surface area contributed by atoms with Gasteiger partial charge in [0.15, 0.2) is 0 Å². The van der Waals surface area contributed by atoms with Gasteiger partial charge in [0.25, 0.3) is 0 Å². The molecule has 0 aromatic heterocycles. The van der Waals surface area contributed by atoms with Gasteiger partial charge in [-0.15, -0.1) is 0 Å². The molecular formula is C9H12ClN2Si. The normalized spacial score (nSPS) is 12.6. The molecule has 0 aliphatic rings. The second kappa shape index (κ2) is 4.65. The first-order valence-corrected chi connectivity index (χ1v) is 4.97. The van der Waals surface area contributed by atoms with Gasteiger partial charge in [0.2, 0.25) is 0 Å². The molecule has 0 aliphatic heterocycles. The van der Waals surface area contributed by atoms with Crippen molar-refractivity contribution in [2.24, 2.45) is 0 Å². The standard InChI is InChI=1S/C9H12ClN2Si/c1-6(11-2)12-7-4-3-5-8(13)9(7)10/h3-6,11-12H,1-2H3. The van der Waals surface area contributed by atoms with Gasteiger partial charge >= 0.3 is 0 Å². The van der Waals surface area contributed by atoms with Crippen LogP contribution in [0, 0.1) is 0 Å². The highest BCUT2D eigenvalue weighted by Crippen LogP contribution is 2.18. The van der Waals surface area contributed by atoms with Crippen molar-refractivity contribution in [2.45, 2.75) is 13.1 Å². The fourth-order valence-corrected chi connectivity index (χ4v) is 1.36. The highest BCUT2D eigenvalue weighted by atomic mass is 35.5. The Balaban J connectivity index is 2.83. The third kappa shape index (κ3) is 2.72. The molecule has 0 heterocycles. The minimum atomic E-state index is 0.200. The van der Waals surface area contributed by atoms with Crippen molar-refractivity contribution in [3.8, 4) is 0 Å². The van der Waals surface area contributed by atoms with E-state index in [0.717, 1.165) is 10.9 Å². The fourth-order valence-electron chi connectivity index (χ4n) is 0.949. The molecule has 1 aromatic rings. The van der Waals surface area contributed by atoms with Gasteiger partial charge in [-0.05, 0) is 25.2 Å². The number of hydrogen-bond donors (Lipinski definition) is 2. The first-order valence-electron chi connectivity index (χ1n) is 4.09. The number of nitrogens with one attached hydrogen (secondary N) is 2. The van der Waals surface area contributed by atoms with E-state index in [2.05, 4.69) is 20.9 Å². The topological polar surface area (TPSA) is 24.1 Å². The molecule has 1 atom stereocenters. The number of benzene rings is 1. The zero-order valence-corrected chi connectivity index (χ0v) is 9.44. The van der Waals surface area contributed by atoms with Crippen molar-refractivity contribution >= 4 is 32.7 Å². The maximum absolute atomic E-state index is 6.06. The fraction of sp³-hybridized carbons (Fsp3) is 0.333. The lowest BCUT2D eigenvalue weighted by atomic mass is 10.3. The van der Waals surface area contributed by atoms with Crippen LogP contribution in [0.5, 0.6) is 0 Å². The maximum Gasteiger partial charge on any atom is 0.0737 e. The predicted octanol–water partition coefficient (Wildman–Crippen LogP) is 1.11. The molecule has 0 fully saturated rings. The lowest BCUT2D eigenvalue weighted by Gasteiger charge is -2.15. The Morgan fingerprint density at radius 3 is 2.77 bits per heavy atom. The second-order valence-corrected chi connectivity index (χ2v) is 3.74. The number of rotatable bonds is 3. The molecule has 0 bridgehead atoms. The summed E-state index contributed by atoms with van der Waals surface area (Å²) in [6.07, 6.45) is 0.200. The monoisotopic (exact) mass is 211 g/mol. The molecule has 69 valence electrons. The third-order valence-electron chi connectivity index (χ3n) is 1.80. The minimum Gasteiger partial charge on any atom is -0.369 e. The summed E-state index contributed by atoms with van der Waals surface area (Å²) in [5, 5.41) is 7.91. The van der Waals surface area contributed by atoms with Gasteiger partial charge in [-0.3, -0.25) is 0 Å². The molecule has 0 amide bonds. The van der Waals surface area contributed by atoms with Gasteiger partial charge < -0.3 is 10.6 Å². The summed E-state index contributed by atoms with van der Waals surface area (Å²) in [6.45, 7) is 2.02. The van der Waals surface area contributed by atoms with Crippen LogP contribution in [0.25, 0.3) is 0 Å². The van der Waals surface area contributed by atoms with Gasteiger partial charge in [-0.25, -0.2) is 0 Å². The smallest absolute Gasteiger partial charge is 0.0737 e. The van der Waals surface area contributed by atoms with Crippen molar-refractivity contribution in [1.29, 1.82) is 0 Å². The quantitative estimate of drug-likeness (QED) is 0.578. The summed E-state index contributed by atoms with van der Waals surface area (Å²) in [5.41, 5.74) is 0.927. The van der Waals surface area contributed by atoms with E-state index < -0.39 is 0 Å². The summed E-state index contributed by atoms with van der Waals surface area (Å²) in [4.78, 5) is 0. The molecule has 0 spiro atoms. The van der Waals surface area contributed by atoms with Gasteiger partial charge in [0, 0.05) is 0 Å². The van der Waals surface area contributed by atoms with E-state index in [4.69, 9.17) is 11.6 Å². The Hall–Kier alpha value is -0.513. The molecule has 4 heteroatoms. The van der Waals surface area contributed by atoms with Crippen LogP contribution in [0.3, 0.4) is 0 Å². The molecule has 2 N–H and O–H groups in total. The zero-order valence-electron chi connectivity index (χ0n) is 7.69. The van der Waals surface area contributed by atoms with E-state index in [-0.39, 0.29) is 6.17 Å². The van der Waals surface area contributed by atoms with Gasteiger partial charge in [-0.2, -0.15) is 0 Å². The second-order valence-electron chi connectivity index (χ2n) is 2.82. The van der Waals surface area contributed by atoms with Crippen LogP contribution in [0.1, 0.15) is 6.92 Å². The maximum atomic E-state index is 6.06.